The molecule has 0 aliphatic heterocycles. The number of nitrogens with one attached hydrogen (secondary N) is 1. The second-order valence-electron chi connectivity index (χ2n) is 9.87. The number of aryl methyl sites for hydroxylation is 6. The molecule has 1 aromatic heterocycles. The first-order valence-corrected chi connectivity index (χ1v) is 12.7. The number of aromatic nitrogens is 2. The summed E-state index contributed by atoms with van der Waals surface area (Å²) in [4.78, 5) is 17.5. The molecule has 4 aromatic rings. The molecular weight excluding hydrogens is 430 g/mol. The van der Waals surface area contributed by atoms with Crippen LogP contribution in [0.15, 0.2) is 54.6 Å². The van der Waals surface area contributed by atoms with Crippen LogP contribution in [0.2, 0.25) is 0 Å². The van der Waals surface area contributed by atoms with Gasteiger partial charge in [-0.15, -0.1) is 0 Å². The second-order valence-corrected chi connectivity index (χ2v) is 9.87. The van der Waals surface area contributed by atoms with E-state index >= 15 is 0 Å². The number of imidazole rings is 1. The summed E-state index contributed by atoms with van der Waals surface area (Å²) in [6.45, 7) is 12.2. The Morgan fingerprint density at radius 1 is 0.829 bits per heavy atom. The minimum absolute atomic E-state index is 0.0214. The molecule has 0 spiro atoms. The molecule has 4 heteroatoms. The van der Waals surface area contributed by atoms with Crippen LogP contribution >= 0.6 is 0 Å². The van der Waals surface area contributed by atoms with Crippen LogP contribution in [-0.2, 0) is 13.0 Å². The lowest BCUT2D eigenvalue weighted by atomic mass is 9.99. The van der Waals surface area contributed by atoms with E-state index < -0.39 is 0 Å². The van der Waals surface area contributed by atoms with Crippen LogP contribution < -0.4 is 5.32 Å². The normalized spacial score (nSPS) is 11.2. The third-order valence-electron chi connectivity index (χ3n) is 6.88. The van der Waals surface area contributed by atoms with E-state index in [0.717, 1.165) is 54.7 Å². The molecule has 4 rings (SSSR count). The lowest BCUT2D eigenvalue weighted by Gasteiger charge is -2.15. The minimum atomic E-state index is 0.0214. The quantitative estimate of drug-likeness (QED) is 0.276. The lowest BCUT2D eigenvalue weighted by Crippen LogP contribution is -2.25. The van der Waals surface area contributed by atoms with E-state index in [-0.39, 0.29) is 5.91 Å². The van der Waals surface area contributed by atoms with E-state index in [1.807, 2.05) is 26.0 Å². The predicted octanol–water partition coefficient (Wildman–Crippen LogP) is 6.77. The zero-order valence-corrected chi connectivity index (χ0v) is 21.7. The number of para-hydroxylation sites is 2. The number of unbranched alkanes of at least 4 members (excludes halogenated alkanes) is 2. The molecule has 4 nitrogen and oxygen atoms in total. The number of carbonyl (C=O) groups excluding carboxylic acids is 1. The van der Waals surface area contributed by atoms with Crippen molar-refractivity contribution in [2.45, 2.75) is 66.8 Å². The molecule has 3 aromatic carbocycles. The predicted molar refractivity (Wildman–Crippen MR) is 145 cm³/mol. The topological polar surface area (TPSA) is 46.9 Å². The molecule has 0 unspecified atom stereocenters. The largest absolute Gasteiger partial charge is 0.352 e. The van der Waals surface area contributed by atoms with Crippen LogP contribution in [0.5, 0.6) is 0 Å². The summed E-state index contributed by atoms with van der Waals surface area (Å²) in [5.74, 6) is 1.16. The maximum absolute atomic E-state index is 12.5. The summed E-state index contributed by atoms with van der Waals surface area (Å²) in [5.41, 5.74) is 10.6. The van der Waals surface area contributed by atoms with Gasteiger partial charge < -0.3 is 9.88 Å². The number of fused-ring (bicyclic) bond motifs is 1. The molecule has 0 saturated carbocycles. The lowest BCUT2D eigenvalue weighted by molar-refractivity contribution is 0.0952. The molecule has 1 amide bonds. The highest BCUT2D eigenvalue weighted by molar-refractivity contribution is 5.95. The minimum Gasteiger partial charge on any atom is -0.352 e. The summed E-state index contributed by atoms with van der Waals surface area (Å²) >= 11 is 0. The number of amides is 1. The Morgan fingerprint density at radius 2 is 1.54 bits per heavy atom. The van der Waals surface area contributed by atoms with Gasteiger partial charge in [0.15, 0.2) is 0 Å². The summed E-state index contributed by atoms with van der Waals surface area (Å²) in [6, 6.07) is 18.9. The summed E-state index contributed by atoms with van der Waals surface area (Å²) < 4.78 is 2.39. The van der Waals surface area contributed by atoms with Crippen LogP contribution in [0.25, 0.3) is 11.0 Å². The monoisotopic (exact) mass is 467 g/mol. The average Bonchev–Trinajstić information content (AvgIpc) is 3.15. The Morgan fingerprint density at radius 3 is 2.29 bits per heavy atom. The molecule has 0 radical (unpaired) electrons. The van der Waals surface area contributed by atoms with Gasteiger partial charge in [0.2, 0.25) is 0 Å². The molecule has 0 saturated heterocycles. The molecule has 1 N–H and O–H groups in total. The maximum Gasteiger partial charge on any atom is 0.251 e. The van der Waals surface area contributed by atoms with Gasteiger partial charge in [-0.05, 0) is 87.9 Å². The first-order chi connectivity index (χ1) is 16.8. The molecule has 1 heterocycles. The van der Waals surface area contributed by atoms with Crippen LogP contribution in [0, 0.1) is 34.6 Å². The fourth-order valence-electron chi connectivity index (χ4n) is 5.06. The Labute approximate surface area is 209 Å². The molecule has 0 atom stereocenters. The molecule has 182 valence electrons. The number of nitrogens with zero attached hydrogens (tertiary/aromatic N) is 2. The fourth-order valence-corrected chi connectivity index (χ4v) is 5.06. The number of carbonyl (C=O) groups is 1. The van der Waals surface area contributed by atoms with Crippen LogP contribution in [0.3, 0.4) is 0 Å². The Kier molecular flexibility index (Phi) is 7.70. The second kappa shape index (κ2) is 10.9. The average molecular weight is 468 g/mol. The van der Waals surface area contributed by atoms with E-state index in [1.165, 1.54) is 33.3 Å². The molecule has 0 aliphatic carbocycles. The van der Waals surface area contributed by atoms with Gasteiger partial charge in [0, 0.05) is 25.1 Å². The Hall–Kier alpha value is -3.40. The van der Waals surface area contributed by atoms with E-state index in [0.29, 0.717) is 6.54 Å². The third-order valence-corrected chi connectivity index (χ3v) is 6.88. The first-order valence-electron chi connectivity index (χ1n) is 12.7. The van der Waals surface area contributed by atoms with Gasteiger partial charge in [-0.2, -0.15) is 0 Å². The number of rotatable bonds is 9. The number of hydrogen-bond donors (Lipinski definition) is 1. The fraction of sp³-hybridized carbons (Fsp3) is 0.355. The van der Waals surface area contributed by atoms with E-state index in [2.05, 4.69) is 73.1 Å². The van der Waals surface area contributed by atoms with Gasteiger partial charge in [0.1, 0.15) is 5.82 Å². The highest BCUT2D eigenvalue weighted by Crippen LogP contribution is 2.23. The number of benzene rings is 3. The van der Waals surface area contributed by atoms with Crippen LogP contribution in [-0.4, -0.2) is 22.0 Å². The van der Waals surface area contributed by atoms with Crippen molar-refractivity contribution in [2.75, 3.05) is 6.54 Å². The van der Waals surface area contributed by atoms with Crippen LogP contribution in [0.1, 0.15) is 68.8 Å². The van der Waals surface area contributed by atoms with Gasteiger partial charge >= 0.3 is 0 Å². The van der Waals surface area contributed by atoms with Gasteiger partial charge in [-0.25, -0.2) is 4.98 Å². The van der Waals surface area contributed by atoms with Crippen molar-refractivity contribution < 1.29 is 4.79 Å². The van der Waals surface area contributed by atoms with E-state index in [4.69, 9.17) is 4.98 Å². The van der Waals surface area contributed by atoms with Gasteiger partial charge in [-0.3, -0.25) is 4.79 Å². The maximum atomic E-state index is 12.5. The van der Waals surface area contributed by atoms with Crippen molar-refractivity contribution in [1.29, 1.82) is 0 Å². The van der Waals surface area contributed by atoms with Gasteiger partial charge in [-0.1, -0.05) is 53.9 Å². The molecule has 0 fully saturated rings. The molecule has 35 heavy (non-hydrogen) atoms. The zero-order valence-electron chi connectivity index (χ0n) is 21.7. The Bertz CT molecular complexity index is 1330. The van der Waals surface area contributed by atoms with Crippen molar-refractivity contribution in [2.24, 2.45) is 0 Å². The highest BCUT2D eigenvalue weighted by Gasteiger charge is 2.14. The summed E-state index contributed by atoms with van der Waals surface area (Å²) in [6.07, 6.45) is 4.00. The molecular formula is C31H37N3O. The van der Waals surface area contributed by atoms with Gasteiger partial charge in [0.25, 0.3) is 5.91 Å². The molecule has 0 aliphatic rings. The molecule has 0 bridgehead atoms. The third kappa shape index (κ3) is 5.82. The van der Waals surface area contributed by atoms with Crippen molar-refractivity contribution in [3.63, 3.8) is 0 Å². The van der Waals surface area contributed by atoms with Crippen molar-refractivity contribution in [3.05, 3.63) is 99.4 Å². The SMILES string of the molecule is Cc1ccc(C(=O)NCCCCCc2nc3ccccc3n2Cc2c(C)cc(C)cc2C)c(C)c1. The van der Waals surface area contributed by atoms with E-state index in [1.54, 1.807) is 0 Å². The zero-order chi connectivity index (χ0) is 24.9. The first kappa shape index (κ1) is 24.7. The smallest absolute Gasteiger partial charge is 0.251 e. The highest BCUT2D eigenvalue weighted by atomic mass is 16.1. The van der Waals surface area contributed by atoms with E-state index in [9.17, 15) is 4.79 Å². The summed E-state index contributed by atoms with van der Waals surface area (Å²) in [7, 11) is 0. The standard InChI is InChI=1S/C31H37N3O/c1-21-14-15-26(23(3)17-21)31(35)32-16-10-6-7-13-30-33-28-11-8-9-12-29(28)34(30)20-27-24(4)18-22(2)19-25(27)5/h8-9,11-12,14-15,17-19H,6-7,10,13,16,20H2,1-5H3,(H,32,35). The van der Waals surface area contributed by atoms with Crippen molar-refractivity contribution in [3.8, 4) is 0 Å². The van der Waals surface area contributed by atoms with Gasteiger partial charge in [0.05, 0.1) is 11.0 Å². The van der Waals surface area contributed by atoms with Crippen LogP contribution in [0.4, 0.5) is 0 Å². The van der Waals surface area contributed by atoms with Crippen molar-refractivity contribution in [1.82, 2.24) is 14.9 Å². The Balaban J connectivity index is 1.37. The number of hydrogen-bond acceptors (Lipinski definition) is 2. The van der Waals surface area contributed by atoms with Crippen molar-refractivity contribution >= 4 is 16.9 Å². The summed E-state index contributed by atoms with van der Waals surface area (Å²) in [5, 5.41) is 3.08.